The fourth-order valence-electron chi connectivity index (χ4n) is 1.89. The Balaban J connectivity index is 1.78. The SMILES string of the molecule is O=C(Nc1ccccc1)Nc1n[nH]c2cc(O)ccc12. The highest BCUT2D eigenvalue weighted by molar-refractivity contribution is 6.04. The van der Waals surface area contributed by atoms with Gasteiger partial charge in [0.05, 0.1) is 5.52 Å². The fraction of sp³-hybridized carbons (Fsp3) is 0. The Kier molecular flexibility index (Phi) is 2.96. The number of nitrogens with one attached hydrogen (secondary N) is 3. The van der Waals surface area contributed by atoms with Gasteiger partial charge in [-0.3, -0.25) is 10.4 Å². The summed E-state index contributed by atoms with van der Waals surface area (Å²) in [6.45, 7) is 0. The van der Waals surface area contributed by atoms with Crippen LogP contribution >= 0.6 is 0 Å². The van der Waals surface area contributed by atoms with Gasteiger partial charge in [-0.25, -0.2) is 4.79 Å². The summed E-state index contributed by atoms with van der Waals surface area (Å²) in [4.78, 5) is 11.9. The number of anilines is 2. The number of carbonyl (C=O) groups is 1. The van der Waals surface area contributed by atoms with Crippen LogP contribution < -0.4 is 10.6 Å². The molecule has 6 heteroatoms. The van der Waals surface area contributed by atoms with Crippen LogP contribution in [0, 0.1) is 0 Å². The lowest BCUT2D eigenvalue weighted by atomic mass is 10.2. The van der Waals surface area contributed by atoms with Gasteiger partial charge >= 0.3 is 6.03 Å². The minimum Gasteiger partial charge on any atom is -0.508 e. The lowest BCUT2D eigenvalue weighted by Crippen LogP contribution is -2.19. The second kappa shape index (κ2) is 4.93. The van der Waals surface area contributed by atoms with Crippen LogP contribution in [0.25, 0.3) is 10.9 Å². The van der Waals surface area contributed by atoms with Crippen molar-refractivity contribution in [2.24, 2.45) is 0 Å². The first-order valence-corrected chi connectivity index (χ1v) is 6.02. The van der Waals surface area contributed by atoms with Gasteiger partial charge in [-0.1, -0.05) is 18.2 Å². The molecule has 100 valence electrons. The topological polar surface area (TPSA) is 90.0 Å². The van der Waals surface area contributed by atoms with Crippen molar-refractivity contribution in [2.45, 2.75) is 0 Å². The maximum absolute atomic E-state index is 11.9. The average molecular weight is 268 g/mol. The smallest absolute Gasteiger partial charge is 0.324 e. The number of aromatic nitrogens is 2. The molecule has 1 heterocycles. The van der Waals surface area contributed by atoms with Gasteiger partial charge in [0.15, 0.2) is 5.82 Å². The van der Waals surface area contributed by atoms with E-state index in [2.05, 4.69) is 20.8 Å². The van der Waals surface area contributed by atoms with Gasteiger partial charge in [0, 0.05) is 17.1 Å². The molecule has 4 N–H and O–H groups in total. The molecule has 3 aromatic rings. The molecule has 6 nitrogen and oxygen atoms in total. The van der Waals surface area contributed by atoms with Crippen molar-refractivity contribution in [3.63, 3.8) is 0 Å². The quantitative estimate of drug-likeness (QED) is 0.576. The lowest BCUT2D eigenvalue weighted by molar-refractivity contribution is 0.262. The maximum atomic E-state index is 11.9. The largest absolute Gasteiger partial charge is 0.508 e. The van der Waals surface area contributed by atoms with Crippen molar-refractivity contribution in [3.05, 3.63) is 48.5 Å². The van der Waals surface area contributed by atoms with Crippen LogP contribution in [-0.2, 0) is 0 Å². The number of aromatic hydroxyl groups is 1. The Morgan fingerprint density at radius 1 is 1.10 bits per heavy atom. The molecule has 2 amide bonds. The zero-order chi connectivity index (χ0) is 13.9. The van der Waals surface area contributed by atoms with Gasteiger partial charge in [-0.05, 0) is 24.3 Å². The summed E-state index contributed by atoms with van der Waals surface area (Å²) in [5, 5.41) is 22.2. The van der Waals surface area contributed by atoms with E-state index in [9.17, 15) is 9.90 Å². The van der Waals surface area contributed by atoms with Crippen LogP contribution in [0.4, 0.5) is 16.3 Å². The molecule has 0 unspecified atom stereocenters. The van der Waals surface area contributed by atoms with Crippen molar-refractivity contribution in [3.8, 4) is 5.75 Å². The number of hydrogen-bond donors (Lipinski definition) is 4. The number of H-pyrrole nitrogens is 1. The zero-order valence-corrected chi connectivity index (χ0v) is 10.4. The molecule has 0 atom stereocenters. The van der Waals surface area contributed by atoms with Gasteiger partial charge in [0.1, 0.15) is 5.75 Å². The van der Waals surface area contributed by atoms with E-state index in [1.807, 2.05) is 18.2 Å². The van der Waals surface area contributed by atoms with E-state index < -0.39 is 0 Å². The highest BCUT2D eigenvalue weighted by Gasteiger charge is 2.09. The molecule has 1 aromatic heterocycles. The summed E-state index contributed by atoms with van der Waals surface area (Å²) in [6.07, 6.45) is 0. The number of nitrogens with zero attached hydrogens (tertiary/aromatic N) is 1. The summed E-state index contributed by atoms with van der Waals surface area (Å²) < 4.78 is 0. The zero-order valence-electron chi connectivity index (χ0n) is 10.4. The number of aromatic amines is 1. The molecule has 0 aliphatic carbocycles. The van der Waals surface area contributed by atoms with Crippen LogP contribution in [0.5, 0.6) is 5.75 Å². The number of amides is 2. The van der Waals surface area contributed by atoms with E-state index in [-0.39, 0.29) is 11.8 Å². The lowest BCUT2D eigenvalue weighted by Gasteiger charge is -2.05. The van der Waals surface area contributed by atoms with Gasteiger partial charge < -0.3 is 10.4 Å². The van der Waals surface area contributed by atoms with Crippen LogP contribution in [-0.4, -0.2) is 21.3 Å². The number of fused-ring (bicyclic) bond motifs is 1. The number of phenolic OH excluding ortho intramolecular Hbond substituents is 1. The molecule has 2 aromatic carbocycles. The monoisotopic (exact) mass is 268 g/mol. The Hall–Kier alpha value is -3.02. The Morgan fingerprint density at radius 2 is 1.90 bits per heavy atom. The van der Waals surface area contributed by atoms with Crippen molar-refractivity contribution in [1.82, 2.24) is 10.2 Å². The molecule has 0 bridgehead atoms. The van der Waals surface area contributed by atoms with Gasteiger partial charge in [-0.2, -0.15) is 5.10 Å². The molecule has 3 rings (SSSR count). The predicted molar refractivity (Wildman–Crippen MR) is 76.8 cm³/mol. The second-order valence-electron chi connectivity index (χ2n) is 4.25. The molecule has 0 saturated heterocycles. The summed E-state index contributed by atoms with van der Waals surface area (Å²) >= 11 is 0. The number of phenols is 1. The number of para-hydroxylation sites is 1. The number of urea groups is 1. The summed E-state index contributed by atoms with van der Waals surface area (Å²) in [5.74, 6) is 0.551. The first-order valence-electron chi connectivity index (χ1n) is 6.02. The summed E-state index contributed by atoms with van der Waals surface area (Å²) in [6, 6.07) is 13.5. The first kappa shape index (κ1) is 12.0. The number of rotatable bonds is 2. The highest BCUT2D eigenvalue weighted by atomic mass is 16.3. The Labute approximate surface area is 114 Å². The minimum absolute atomic E-state index is 0.140. The fourth-order valence-corrected chi connectivity index (χ4v) is 1.89. The van der Waals surface area contributed by atoms with Crippen molar-refractivity contribution in [1.29, 1.82) is 0 Å². The van der Waals surface area contributed by atoms with E-state index in [4.69, 9.17) is 0 Å². The first-order chi connectivity index (χ1) is 9.72. The molecule has 0 aliphatic rings. The minimum atomic E-state index is -0.377. The number of carbonyl (C=O) groups excluding carboxylic acids is 1. The normalized spacial score (nSPS) is 10.4. The van der Waals surface area contributed by atoms with Crippen LogP contribution in [0.3, 0.4) is 0 Å². The third kappa shape index (κ3) is 2.39. The van der Waals surface area contributed by atoms with Crippen LogP contribution in [0.15, 0.2) is 48.5 Å². The Morgan fingerprint density at radius 3 is 2.70 bits per heavy atom. The van der Waals surface area contributed by atoms with Gasteiger partial charge in [0.2, 0.25) is 0 Å². The van der Waals surface area contributed by atoms with E-state index >= 15 is 0 Å². The molecule has 0 spiro atoms. The van der Waals surface area contributed by atoms with Crippen LogP contribution in [0.1, 0.15) is 0 Å². The van der Waals surface area contributed by atoms with Crippen molar-refractivity contribution in [2.75, 3.05) is 10.6 Å². The maximum Gasteiger partial charge on any atom is 0.324 e. The van der Waals surface area contributed by atoms with Crippen molar-refractivity contribution >= 4 is 28.4 Å². The highest BCUT2D eigenvalue weighted by Crippen LogP contribution is 2.24. The van der Waals surface area contributed by atoms with E-state index in [1.54, 1.807) is 24.3 Å². The molecule has 0 fully saturated rings. The molecule has 0 radical (unpaired) electrons. The van der Waals surface area contributed by atoms with E-state index in [1.165, 1.54) is 6.07 Å². The van der Waals surface area contributed by atoms with Crippen molar-refractivity contribution < 1.29 is 9.90 Å². The van der Waals surface area contributed by atoms with Gasteiger partial charge in [0.25, 0.3) is 0 Å². The molecule has 20 heavy (non-hydrogen) atoms. The third-order valence-electron chi connectivity index (χ3n) is 2.81. The third-order valence-corrected chi connectivity index (χ3v) is 2.81. The predicted octanol–water partition coefficient (Wildman–Crippen LogP) is 2.91. The standard InChI is InChI=1S/C14H12N4O2/c19-10-6-7-11-12(8-10)17-18-13(11)16-14(20)15-9-4-2-1-3-5-9/h1-8,19H,(H3,15,16,17,18,20). The van der Waals surface area contributed by atoms with E-state index in [0.29, 0.717) is 17.0 Å². The molecular formula is C14H12N4O2. The molecule has 0 saturated carbocycles. The second-order valence-corrected chi connectivity index (χ2v) is 4.25. The number of benzene rings is 2. The average Bonchev–Trinajstić information content (AvgIpc) is 2.82. The molecule has 0 aliphatic heterocycles. The summed E-state index contributed by atoms with van der Waals surface area (Å²) in [5.41, 5.74) is 1.35. The molecular weight excluding hydrogens is 256 g/mol. The van der Waals surface area contributed by atoms with E-state index in [0.717, 1.165) is 5.39 Å². The Bertz CT molecular complexity index is 752. The summed E-state index contributed by atoms with van der Waals surface area (Å²) in [7, 11) is 0. The van der Waals surface area contributed by atoms with Gasteiger partial charge in [-0.15, -0.1) is 0 Å². The van der Waals surface area contributed by atoms with Crippen LogP contribution in [0.2, 0.25) is 0 Å². The number of hydrogen-bond acceptors (Lipinski definition) is 3.